The van der Waals surface area contributed by atoms with E-state index in [2.05, 4.69) is 26.6 Å². The number of carbonyl (C=O) groups is 1. The lowest BCUT2D eigenvalue weighted by atomic mass is 9.84. The van der Waals surface area contributed by atoms with E-state index in [1.807, 2.05) is 0 Å². The van der Waals surface area contributed by atoms with Gasteiger partial charge in [0.15, 0.2) is 5.41 Å². The number of alkyl halides is 3. The van der Waals surface area contributed by atoms with Crippen LogP contribution in [0.25, 0.3) is 0 Å². The first kappa shape index (κ1) is 16.3. The minimum Gasteiger partial charge on any atom is -0.349 e. The minimum atomic E-state index is -4.56. The molecular weight excluding hydrogens is 349 g/mol. The van der Waals surface area contributed by atoms with E-state index in [-0.39, 0.29) is 19.5 Å². The van der Waals surface area contributed by atoms with Crippen LogP contribution in [0, 0.1) is 5.41 Å². The number of rotatable bonds is 3. The predicted molar refractivity (Wildman–Crippen MR) is 76.7 cm³/mol. The lowest BCUT2D eigenvalue weighted by Gasteiger charge is -2.31. The van der Waals surface area contributed by atoms with Gasteiger partial charge < -0.3 is 10.6 Å². The molecule has 1 unspecified atom stereocenters. The molecular formula is C14H16BrF3N2O. The largest absolute Gasteiger partial charge is 0.404 e. The molecule has 1 aliphatic rings. The third-order valence-corrected chi connectivity index (χ3v) is 4.57. The van der Waals surface area contributed by atoms with Crippen molar-refractivity contribution in [2.45, 2.75) is 25.6 Å². The second kappa shape index (κ2) is 5.96. The van der Waals surface area contributed by atoms with E-state index in [0.717, 1.165) is 10.0 Å². The van der Waals surface area contributed by atoms with Gasteiger partial charge in [0.2, 0.25) is 5.91 Å². The highest BCUT2D eigenvalue weighted by atomic mass is 79.9. The highest BCUT2D eigenvalue weighted by Gasteiger charge is 2.61. The lowest BCUT2D eigenvalue weighted by molar-refractivity contribution is -0.216. The summed E-state index contributed by atoms with van der Waals surface area (Å²) in [5.41, 5.74) is -1.59. The van der Waals surface area contributed by atoms with Gasteiger partial charge in [0.05, 0.1) is 6.04 Å². The van der Waals surface area contributed by atoms with Crippen LogP contribution in [0.15, 0.2) is 28.7 Å². The summed E-state index contributed by atoms with van der Waals surface area (Å²) >= 11 is 3.34. The van der Waals surface area contributed by atoms with Crippen molar-refractivity contribution in [2.24, 2.45) is 5.41 Å². The number of hydrogen-bond donors (Lipinski definition) is 2. The van der Waals surface area contributed by atoms with E-state index in [4.69, 9.17) is 0 Å². The smallest absolute Gasteiger partial charge is 0.349 e. The summed E-state index contributed by atoms with van der Waals surface area (Å²) in [4.78, 5) is 12.2. The highest BCUT2D eigenvalue weighted by molar-refractivity contribution is 9.10. The van der Waals surface area contributed by atoms with E-state index in [1.54, 1.807) is 31.2 Å². The fourth-order valence-electron chi connectivity index (χ4n) is 2.50. The first-order valence-electron chi connectivity index (χ1n) is 6.61. The molecule has 7 heteroatoms. The molecule has 1 amide bonds. The Morgan fingerprint density at radius 3 is 2.62 bits per heavy atom. The third-order valence-electron chi connectivity index (χ3n) is 3.85. The van der Waals surface area contributed by atoms with Crippen LogP contribution >= 0.6 is 15.9 Å². The SMILES string of the molecule is C[C@@H](NC(=O)C1(C(F)(F)F)CCNC1)c1ccccc1Br. The minimum absolute atomic E-state index is 0.191. The van der Waals surface area contributed by atoms with E-state index in [9.17, 15) is 18.0 Å². The second-order valence-electron chi connectivity index (χ2n) is 5.22. The van der Waals surface area contributed by atoms with E-state index >= 15 is 0 Å². The zero-order chi connectivity index (χ0) is 15.7. The number of benzene rings is 1. The van der Waals surface area contributed by atoms with Crippen LogP contribution in [0.2, 0.25) is 0 Å². The molecule has 0 saturated carbocycles. The van der Waals surface area contributed by atoms with E-state index < -0.39 is 23.5 Å². The van der Waals surface area contributed by atoms with E-state index in [0.29, 0.717) is 0 Å². The molecule has 2 atom stereocenters. The van der Waals surface area contributed by atoms with Crippen molar-refractivity contribution in [2.75, 3.05) is 13.1 Å². The van der Waals surface area contributed by atoms with Crippen LogP contribution in [-0.2, 0) is 4.79 Å². The molecule has 1 aromatic carbocycles. The Hall–Kier alpha value is -1.08. The molecule has 2 rings (SSSR count). The van der Waals surface area contributed by atoms with Crippen molar-refractivity contribution >= 4 is 21.8 Å². The van der Waals surface area contributed by atoms with Gasteiger partial charge in [-0.2, -0.15) is 13.2 Å². The monoisotopic (exact) mass is 364 g/mol. The highest BCUT2D eigenvalue weighted by Crippen LogP contribution is 2.43. The first-order chi connectivity index (χ1) is 9.78. The van der Waals surface area contributed by atoms with Crippen LogP contribution in [0.5, 0.6) is 0 Å². The Morgan fingerprint density at radius 1 is 1.43 bits per heavy atom. The van der Waals surface area contributed by atoms with Gasteiger partial charge in [0.1, 0.15) is 0 Å². The fourth-order valence-corrected chi connectivity index (χ4v) is 3.12. The van der Waals surface area contributed by atoms with Crippen molar-refractivity contribution in [3.8, 4) is 0 Å². The molecule has 2 N–H and O–H groups in total. The molecule has 1 aromatic rings. The molecule has 0 bridgehead atoms. The molecule has 1 saturated heterocycles. The molecule has 3 nitrogen and oxygen atoms in total. The van der Waals surface area contributed by atoms with Crippen molar-refractivity contribution in [3.63, 3.8) is 0 Å². The van der Waals surface area contributed by atoms with Gasteiger partial charge in [-0.15, -0.1) is 0 Å². The molecule has 1 fully saturated rings. The van der Waals surface area contributed by atoms with Crippen molar-refractivity contribution in [1.82, 2.24) is 10.6 Å². The molecule has 1 heterocycles. The Kier molecular flexibility index (Phi) is 4.63. The number of hydrogen-bond acceptors (Lipinski definition) is 2. The summed E-state index contributed by atoms with van der Waals surface area (Å²) in [7, 11) is 0. The van der Waals surface area contributed by atoms with Crippen molar-refractivity contribution in [3.05, 3.63) is 34.3 Å². The molecule has 0 aliphatic carbocycles. The summed E-state index contributed by atoms with van der Waals surface area (Å²) in [6, 6.07) is 6.63. The van der Waals surface area contributed by atoms with Gasteiger partial charge in [0, 0.05) is 11.0 Å². The van der Waals surface area contributed by atoms with Gasteiger partial charge in [-0.3, -0.25) is 4.79 Å². The molecule has 116 valence electrons. The van der Waals surface area contributed by atoms with Crippen LogP contribution in [-0.4, -0.2) is 25.2 Å². The standard InChI is InChI=1S/C14H16BrF3N2O/c1-9(10-4-2-3-5-11(10)15)20-12(21)13(14(16,17)18)6-7-19-8-13/h2-5,9,19H,6-8H2,1H3,(H,20,21)/t9-,13?/m1/s1. The van der Waals surface area contributed by atoms with Crippen LogP contribution in [0.3, 0.4) is 0 Å². The van der Waals surface area contributed by atoms with Crippen molar-refractivity contribution in [1.29, 1.82) is 0 Å². The average molecular weight is 365 g/mol. The maximum atomic E-state index is 13.3. The molecule has 1 aliphatic heterocycles. The normalized spacial score (nSPS) is 23.9. The Balaban J connectivity index is 2.19. The number of amides is 1. The average Bonchev–Trinajstić information content (AvgIpc) is 2.89. The fraction of sp³-hybridized carbons (Fsp3) is 0.500. The van der Waals surface area contributed by atoms with Gasteiger partial charge in [-0.25, -0.2) is 0 Å². The number of nitrogens with one attached hydrogen (secondary N) is 2. The Morgan fingerprint density at radius 2 is 2.10 bits per heavy atom. The molecule has 0 radical (unpaired) electrons. The van der Waals surface area contributed by atoms with Gasteiger partial charge >= 0.3 is 6.18 Å². The van der Waals surface area contributed by atoms with Crippen LogP contribution in [0.1, 0.15) is 24.9 Å². The summed E-state index contributed by atoms with van der Waals surface area (Å²) in [6.07, 6.45) is -4.79. The number of carbonyl (C=O) groups excluding carboxylic acids is 1. The Labute approximate surface area is 129 Å². The second-order valence-corrected chi connectivity index (χ2v) is 6.08. The topological polar surface area (TPSA) is 41.1 Å². The summed E-state index contributed by atoms with van der Waals surface area (Å²) in [6.45, 7) is 1.49. The van der Waals surface area contributed by atoms with Gasteiger partial charge in [-0.05, 0) is 31.5 Å². The predicted octanol–water partition coefficient (Wildman–Crippen LogP) is 3.17. The summed E-state index contributed by atoms with van der Waals surface area (Å²) in [5.74, 6) is -0.969. The third kappa shape index (κ3) is 3.08. The zero-order valence-corrected chi connectivity index (χ0v) is 13.0. The van der Waals surface area contributed by atoms with Crippen molar-refractivity contribution < 1.29 is 18.0 Å². The van der Waals surface area contributed by atoms with Crippen LogP contribution < -0.4 is 10.6 Å². The zero-order valence-electron chi connectivity index (χ0n) is 11.4. The first-order valence-corrected chi connectivity index (χ1v) is 7.40. The van der Waals surface area contributed by atoms with Crippen LogP contribution in [0.4, 0.5) is 13.2 Å². The Bertz CT molecular complexity index is 527. The maximum absolute atomic E-state index is 13.3. The van der Waals surface area contributed by atoms with Gasteiger partial charge in [-0.1, -0.05) is 34.1 Å². The lowest BCUT2D eigenvalue weighted by Crippen LogP contribution is -2.52. The molecule has 0 spiro atoms. The summed E-state index contributed by atoms with van der Waals surface area (Å²) < 4.78 is 40.6. The summed E-state index contributed by atoms with van der Waals surface area (Å²) in [5, 5.41) is 5.13. The quantitative estimate of drug-likeness (QED) is 0.864. The van der Waals surface area contributed by atoms with E-state index in [1.165, 1.54) is 0 Å². The number of halogens is 4. The maximum Gasteiger partial charge on any atom is 0.404 e. The van der Waals surface area contributed by atoms with Gasteiger partial charge in [0.25, 0.3) is 0 Å². The molecule has 21 heavy (non-hydrogen) atoms. The molecule has 0 aromatic heterocycles.